The van der Waals surface area contributed by atoms with E-state index in [0.29, 0.717) is 24.3 Å². The van der Waals surface area contributed by atoms with Crippen LogP contribution in [0, 0.1) is 23.0 Å². The van der Waals surface area contributed by atoms with Gasteiger partial charge in [-0.25, -0.2) is 8.78 Å². The van der Waals surface area contributed by atoms with E-state index in [9.17, 15) is 19.0 Å². The van der Waals surface area contributed by atoms with Crippen LogP contribution in [0.4, 0.5) is 8.78 Å². The van der Waals surface area contributed by atoms with Crippen LogP contribution in [0.2, 0.25) is 0 Å². The Morgan fingerprint density at radius 3 is 2.61 bits per heavy atom. The Balaban J connectivity index is 1.36. The third kappa shape index (κ3) is 4.04. The van der Waals surface area contributed by atoms with Gasteiger partial charge in [0.05, 0.1) is 5.60 Å². The fourth-order valence-corrected chi connectivity index (χ4v) is 5.85. The molecule has 1 aliphatic heterocycles. The fraction of sp³-hybridized carbons (Fsp3) is 0.455. The average Bonchev–Trinajstić information content (AvgIpc) is 3.04. The van der Waals surface area contributed by atoms with Gasteiger partial charge in [0.1, 0.15) is 17.4 Å². The van der Waals surface area contributed by atoms with E-state index < -0.39 is 17.2 Å². The third-order valence-corrected chi connectivity index (χ3v) is 7.29. The number of benzene rings is 2. The molecule has 6 heteroatoms. The quantitative estimate of drug-likeness (QED) is 0.723. The Hall–Kier alpha value is -1.63. The van der Waals surface area contributed by atoms with Crippen LogP contribution in [0.1, 0.15) is 25.3 Å². The molecule has 0 spiro atoms. The van der Waals surface area contributed by atoms with Crippen molar-refractivity contribution in [3.8, 4) is 5.75 Å². The molecule has 0 bridgehead atoms. The van der Waals surface area contributed by atoms with Crippen molar-refractivity contribution in [2.75, 3.05) is 19.0 Å². The zero-order valence-corrected chi connectivity index (χ0v) is 16.7. The minimum absolute atomic E-state index is 0.000766. The molecular formula is C22H25F2NO2S. The molecule has 3 atom stereocenters. The van der Waals surface area contributed by atoms with Gasteiger partial charge in [0.2, 0.25) is 0 Å². The smallest absolute Gasteiger partial charge is 0.129 e. The monoisotopic (exact) mass is 405 g/mol. The topological polar surface area (TPSA) is 43.7 Å². The second-order valence-corrected chi connectivity index (χ2v) is 9.67. The molecule has 3 nitrogen and oxygen atoms in total. The van der Waals surface area contributed by atoms with Crippen molar-refractivity contribution in [1.82, 2.24) is 4.90 Å². The molecule has 150 valence electrons. The van der Waals surface area contributed by atoms with Gasteiger partial charge in [-0.1, -0.05) is 13.0 Å². The van der Waals surface area contributed by atoms with Crippen molar-refractivity contribution in [1.29, 1.82) is 0 Å². The summed E-state index contributed by atoms with van der Waals surface area (Å²) in [6.45, 7) is 4.02. The number of nitrogens with zero attached hydrogens (tertiary/aromatic N) is 1. The van der Waals surface area contributed by atoms with Crippen LogP contribution in [0.15, 0.2) is 47.4 Å². The zero-order chi connectivity index (χ0) is 19.9. The lowest BCUT2D eigenvalue weighted by Gasteiger charge is -2.29. The van der Waals surface area contributed by atoms with Gasteiger partial charge in [-0.15, -0.1) is 11.8 Å². The highest BCUT2D eigenvalue weighted by Crippen LogP contribution is 2.54. The Labute approximate surface area is 168 Å². The maximum Gasteiger partial charge on any atom is 0.129 e. The predicted octanol–water partition coefficient (Wildman–Crippen LogP) is 4.43. The molecule has 1 heterocycles. The van der Waals surface area contributed by atoms with Crippen molar-refractivity contribution in [2.45, 2.75) is 36.7 Å². The molecule has 4 rings (SSSR count). The SMILES string of the molecule is CC12CN(CSc3ccc(O)cc3)CC1CC(O)(Cc1ccc(F)cc1F)C2. The number of hydrogen-bond acceptors (Lipinski definition) is 4. The highest BCUT2D eigenvalue weighted by atomic mass is 32.2. The predicted molar refractivity (Wildman–Crippen MR) is 106 cm³/mol. The molecule has 28 heavy (non-hydrogen) atoms. The lowest BCUT2D eigenvalue weighted by Crippen LogP contribution is -2.34. The summed E-state index contributed by atoms with van der Waals surface area (Å²) >= 11 is 1.74. The summed E-state index contributed by atoms with van der Waals surface area (Å²) < 4.78 is 27.2. The number of aromatic hydroxyl groups is 1. The molecule has 2 fully saturated rings. The van der Waals surface area contributed by atoms with E-state index in [1.54, 1.807) is 23.9 Å². The van der Waals surface area contributed by atoms with Crippen LogP contribution < -0.4 is 0 Å². The van der Waals surface area contributed by atoms with E-state index in [1.165, 1.54) is 12.1 Å². The van der Waals surface area contributed by atoms with Crippen molar-refractivity contribution >= 4 is 11.8 Å². The van der Waals surface area contributed by atoms with Gasteiger partial charge in [-0.2, -0.15) is 0 Å². The first-order chi connectivity index (χ1) is 13.2. The highest BCUT2D eigenvalue weighted by molar-refractivity contribution is 7.99. The number of halogens is 2. The molecule has 0 aromatic heterocycles. The van der Waals surface area contributed by atoms with Crippen molar-refractivity contribution in [2.24, 2.45) is 11.3 Å². The maximum absolute atomic E-state index is 14.0. The Kier molecular flexibility index (Phi) is 5.14. The van der Waals surface area contributed by atoms with Gasteiger partial charge in [0, 0.05) is 36.3 Å². The minimum atomic E-state index is -0.936. The van der Waals surface area contributed by atoms with Crippen LogP contribution >= 0.6 is 11.8 Å². The molecule has 2 aromatic rings. The Bertz CT molecular complexity index is 862. The van der Waals surface area contributed by atoms with Crippen LogP contribution in [0.3, 0.4) is 0 Å². The number of likely N-dealkylation sites (tertiary alicyclic amines) is 1. The molecular weight excluding hydrogens is 380 g/mol. The van der Waals surface area contributed by atoms with E-state index >= 15 is 0 Å². The summed E-state index contributed by atoms with van der Waals surface area (Å²) in [4.78, 5) is 3.52. The van der Waals surface area contributed by atoms with Crippen LogP contribution in [0.5, 0.6) is 5.75 Å². The first-order valence-electron chi connectivity index (χ1n) is 9.55. The average molecular weight is 406 g/mol. The second-order valence-electron chi connectivity index (χ2n) is 8.65. The standard InChI is InChI=1S/C22H25F2NO2S/c1-21-12-22(27,9-15-2-3-17(23)8-20(15)24)10-16(21)11-25(13-21)14-28-19-6-4-18(26)5-7-19/h2-8,16,26-27H,9-14H2,1H3. The molecule has 2 aromatic carbocycles. The van der Waals surface area contributed by atoms with E-state index in [-0.39, 0.29) is 17.6 Å². The molecule has 0 radical (unpaired) electrons. The first-order valence-corrected chi connectivity index (χ1v) is 10.5. The molecule has 1 saturated carbocycles. The molecule has 1 saturated heterocycles. The fourth-order valence-electron chi connectivity index (χ4n) is 4.99. The van der Waals surface area contributed by atoms with Gasteiger partial charge in [-0.05, 0) is 60.1 Å². The molecule has 0 amide bonds. The third-order valence-electron chi connectivity index (χ3n) is 6.19. The number of phenols is 1. The van der Waals surface area contributed by atoms with Gasteiger partial charge < -0.3 is 10.2 Å². The largest absolute Gasteiger partial charge is 0.508 e. The highest BCUT2D eigenvalue weighted by Gasteiger charge is 2.55. The lowest BCUT2D eigenvalue weighted by atomic mass is 9.82. The maximum atomic E-state index is 14.0. The summed E-state index contributed by atoms with van der Waals surface area (Å²) in [6, 6.07) is 10.8. The van der Waals surface area contributed by atoms with Crippen molar-refractivity contribution in [3.05, 3.63) is 59.7 Å². The molecule has 2 N–H and O–H groups in total. The summed E-state index contributed by atoms with van der Waals surface area (Å²) in [5.74, 6) is 0.320. The summed E-state index contributed by atoms with van der Waals surface area (Å²) in [7, 11) is 0. The molecule has 2 aliphatic rings. The van der Waals surface area contributed by atoms with Gasteiger partial charge in [0.15, 0.2) is 0 Å². The van der Waals surface area contributed by atoms with E-state index in [0.717, 1.165) is 29.9 Å². The van der Waals surface area contributed by atoms with Crippen LogP contribution in [-0.4, -0.2) is 39.7 Å². The van der Waals surface area contributed by atoms with Crippen LogP contribution in [-0.2, 0) is 6.42 Å². The van der Waals surface area contributed by atoms with Gasteiger partial charge in [0.25, 0.3) is 0 Å². The summed E-state index contributed by atoms with van der Waals surface area (Å²) in [5, 5.41) is 20.5. The van der Waals surface area contributed by atoms with Gasteiger partial charge >= 0.3 is 0 Å². The zero-order valence-electron chi connectivity index (χ0n) is 15.9. The second kappa shape index (κ2) is 7.32. The number of thioether (sulfide) groups is 1. The number of fused-ring (bicyclic) bond motifs is 1. The molecule has 3 unspecified atom stereocenters. The first kappa shape index (κ1) is 19.7. The summed E-state index contributed by atoms with van der Waals surface area (Å²) in [6.07, 6.45) is 1.50. The van der Waals surface area contributed by atoms with E-state index in [4.69, 9.17) is 0 Å². The lowest BCUT2D eigenvalue weighted by molar-refractivity contribution is 0.0291. The Morgan fingerprint density at radius 2 is 1.93 bits per heavy atom. The summed E-state index contributed by atoms with van der Waals surface area (Å²) in [5.41, 5.74) is -0.554. The minimum Gasteiger partial charge on any atom is -0.508 e. The van der Waals surface area contributed by atoms with Gasteiger partial charge in [-0.3, -0.25) is 4.90 Å². The number of rotatable bonds is 5. The van der Waals surface area contributed by atoms with Crippen molar-refractivity contribution in [3.63, 3.8) is 0 Å². The number of aliphatic hydroxyl groups is 1. The number of phenolic OH excluding ortho intramolecular Hbond substituents is 1. The van der Waals surface area contributed by atoms with E-state index in [1.807, 2.05) is 12.1 Å². The van der Waals surface area contributed by atoms with Crippen molar-refractivity contribution < 1.29 is 19.0 Å². The Morgan fingerprint density at radius 1 is 1.18 bits per heavy atom. The van der Waals surface area contributed by atoms with E-state index in [2.05, 4.69) is 11.8 Å². The normalized spacial score (nSPS) is 29.9. The van der Waals surface area contributed by atoms with Crippen LogP contribution in [0.25, 0.3) is 0 Å². The number of hydrogen-bond donors (Lipinski definition) is 2. The molecule has 1 aliphatic carbocycles.